The van der Waals surface area contributed by atoms with Crippen molar-refractivity contribution in [2.24, 2.45) is 5.73 Å². The van der Waals surface area contributed by atoms with Gasteiger partial charge in [-0.2, -0.15) is 0 Å². The van der Waals surface area contributed by atoms with E-state index in [0.717, 1.165) is 0 Å². The van der Waals surface area contributed by atoms with E-state index in [2.05, 4.69) is 0 Å². The van der Waals surface area contributed by atoms with E-state index in [9.17, 15) is 19.2 Å². The largest absolute Gasteiger partial charge is 0.423 e. The Bertz CT molecular complexity index is 1380. The fraction of sp³-hybridized carbons (Fsp3) is 0. The third kappa shape index (κ3) is 3.03. The van der Waals surface area contributed by atoms with E-state index >= 15 is 0 Å². The van der Waals surface area contributed by atoms with E-state index in [1.165, 1.54) is 30.3 Å². The number of fused-ring (bicyclic) bond motifs is 2. The third-order valence-electron chi connectivity index (χ3n) is 4.04. The molecule has 1 amide bonds. The minimum absolute atomic E-state index is 0.0417. The number of rotatable bonds is 3. The van der Waals surface area contributed by atoms with Gasteiger partial charge in [0.15, 0.2) is 0 Å². The summed E-state index contributed by atoms with van der Waals surface area (Å²) in [5, 5.41) is 0.982. The fourth-order valence-electron chi connectivity index (χ4n) is 2.69. The summed E-state index contributed by atoms with van der Waals surface area (Å²) in [6, 6.07) is 13.6. The van der Waals surface area contributed by atoms with Gasteiger partial charge in [0.25, 0.3) is 5.91 Å². The quantitative estimate of drug-likeness (QED) is 0.329. The highest BCUT2D eigenvalue weighted by Crippen LogP contribution is 2.22. The van der Waals surface area contributed by atoms with Crippen molar-refractivity contribution in [3.8, 4) is 5.75 Å². The zero-order valence-electron chi connectivity index (χ0n) is 14.1. The number of nitrogens with two attached hydrogens (primary N) is 1. The third-order valence-corrected chi connectivity index (χ3v) is 4.04. The molecule has 4 aromatic rings. The van der Waals surface area contributed by atoms with Crippen LogP contribution in [0.5, 0.6) is 5.75 Å². The van der Waals surface area contributed by atoms with Crippen LogP contribution in [-0.2, 0) is 0 Å². The van der Waals surface area contributed by atoms with Crippen LogP contribution in [0.25, 0.3) is 21.9 Å². The SMILES string of the molecule is NC(=O)c1cc2ccc(OC(=O)c3cc4ccccc4oc3=O)cc2oc1=O. The molecule has 0 saturated heterocycles. The van der Waals surface area contributed by atoms with Crippen LogP contribution in [0, 0.1) is 0 Å². The lowest BCUT2D eigenvalue weighted by atomic mass is 10.1. The smallest absolute Gasteiger partial charge is 0.351 e. The highest BCUT2D eigenvalue weighted by molar-refractivity contribution is 5.96. The van der Waals surface area contributed by atoms with E-state index in [-0.39, 0.29) is 22.5 Å². The first-order valence-electron chi connectivity index (χ1n) is 8.05. The number of carbonyl (C=O) groups is 2. The Balaban J connectivity index is 1.70. The van der Waals surface area contributed by atoms with Crippen molar-refractivity contribution in [2.75, 3.05) is 0 Å². The number of benzene rings is 2. The first kappa shape index (κ1) is 17.2. The van der Waals surface area contributed by atoms with Gasteiger partial charge >= 0.3 is 17.2 Å². The Morgan fingerprint density at radius 3 is 2.21 bits per heavy atom. The highest BCUT2D eigenvalue weighted by atomic mass is 16.5. The van der Waals surface area contributed by atoms with Crippen molar-refractivity contribution in [1.82, 2.24) is 0 Å². The number of ether oxygens (including phenoxy) is 1. The molecule has 0 spiro atoms. The lowest BCUT2D eigenvalue weighted by molar-refractivity contribution is 0.0730. The summed E-state index contributed by atoms with van der Waals surface area (Å²) in [6.07, 6.45) is 0. The minimum Gasteiger partial charge on any atom is -0.423 e. The fourth-order valence-corrected chi connectivity index (χ4v) is 2.69. The molecule has 0 radical (unpaired) electrons. The van der Waals surface area contributed by atoms with Gasteiger partial charge in [0, 0.05) is 16.8 Å². The van der Waals surface area contributed by atoms with E-state index in [4.69, 9.17) is 19.3 Å². The Hall–Kier alpha value is -4.20. The number of hydrogen-bond acceptors (Lipinski definition) is 7. The topological polar surface area (TPSA) is 130 Å². The van der Waals surface area contributed by atoms with Crippen molar-refractivity contribution in [3.05, 3.63) is 86.6 Å². The standard InChI is InChI=1S/C20H11NO7/c21-17(22)13-7-11-5-6-12(9-16(11)28-18(13)23)26-19(24)14-8-10-3-1-2-4-15(10)27-20(14)25/h1-9H,(H2,21,22). The molecule has 2 aromatic carbocycles. The number of primary amides is 1. The van der Waals surface area contributed by atoms with Crippen LogP contribution < -0.4 is 21.7 Å². The molecule has 138 valence electrons. The second kappa shape index (κ2) is 6.51. The maximum absolute atomic E-state index is 12.4. The Labute approximate surface area is 155 Å². The molecular weight excluding hydrogens is 366 g/mol. The van der Waals surface area contributed by atoms with Crippen molar-refractivity contribution in [2.45, 2.75) is 0 Å². The molecule has 0 unspecified atom stereocenters. The van der Waals surface area contributed by atoms with Gasteiger partial charge in [-0.15, -0.1) is 0 Å². The predicted molar refractivity (Wildman–Crippen MR) is 98.4 cm³/mol. The summed E-state index contributed by atoms with van der Waals surface area (Å²) >= 11 is 0. The summed E-state index contributed by atoms with van der Waals surface area (Å²) in [7, 11) is 0. The second-order valence-electron chi connectivity index (χ2n) is 5.89. The second-order valence-corrected chi connectivity index (χ2v) is 5.89. The molecule has 0 aliphatic carbocycles. The number of esters is 1. The summed E-state index contributed by atoms with van der Waals surface area (Å²) < 4.78 is 15.4. The molecule has 0 saturated carbocycles. The van der Waals surface area contributed by atoms with Crippen LogP contribution in [0.3, 0.4) is 0 Å². The van der Waals surface area contributed by atoms with Gasteiger partial charge < -0.3 is 19.3 Å². The monoisotopic (exact) mass is 377 g/mol. The maximum Gasteiger partial charge on any atom is 0.351 e. The zero-order chi connectivity index (χ0) is 19.8. The van der Waals surface area contributed by atoms with Gasteiger partial charge in [0.2, 0.25) is 0 Å². The Morgan fingerprint density at radius 1 is 0.786 bits per heavy atom. The summed E-state index contributed by atoms with van der Waals surface area (Å²) in [6.45, 7) is 0. The zero-order valence-corrected chi connectivity index (χ0v) is 14.1. The minimum atomic E-state index is -0.921. The summed E-state index contributed by atoms with van der Waals surface area (Å²) in [4.78, 5) is 47.4. The highest BCUT2D eigenvalue weighted by Gasteiger charge is 2.17. The normalized spacial score (nSPS) is 10.9. The van der Waals surface area contributed by atoms with Gasteiger partial charge in [-0.1, -0.05) is 18.2 Å². The van der Waals surface area contributed by atoms with Crippen LogP contribution >= 0.6 is 0 Å². The van der Waals surface area contributed by atoms with E-state index in [1.54, 1.807) is 24.3 Å². The van der Waals surface area contributed by atoms with Crippen LogP contribution in [0.4, 0.5) is 0 Å². The average molecular weight is 377 g/mol. The lowest BCUT2D eigenvalue weighted by Crippen LogP contribution is -2.20. The summed E-state index contributed by atoms with van der Waals surface area (Å²) in [5.74, 6) is -1.79. The number of carbonyl (C=O) groups excluding carboxylic acids is 2. The van der Waals surface area contributed by atoms with Gasteiger partial charge in [-0.3, -0.25) is 4.79 Å². The van der Waals surface area contributed by atoms with Crippen molar-refractivity contribution in [1.29, 1.82) is 0 Å². The van der Waals surface area contributed by atoms with Gasteiger partial charge in [0.1, 0.15) is 28.0 Å². The van der Waals surface area contributed by atoms with Gasteiger partial charge in [-0.05, 0) is 30.3 Å². The predicted octanol–water partition coefficient (Wildman–Crippen LogP) is 2.22. The molecule has 0 bridgehead atoms. The first-order chi connectivity index (χ1) is 13.4. The van der Waals surface area contributed by atoms with Crippen LogP contribution in [-0.4, -0.2) is 11.9 Å². The molecule has 28 heavy (non-hydrogen) atoms. The van der Waals surface area contributed by atoms with E-state index in [1.807, 2.05) is 0 Å². The molecule has 2 N–H and O–H groups in total. The van der Waals surface area contributed by atoms with Gasteiger partial charge in [0.05, 0.1) is 0 Å². The first-order valence-corrected chi connectivity index (χ1v) is 8.05. The Kier molecular flexibility index (Phi) is 4.00. The van der Waals surface area contributed by atoms with Crippen molar-refractivity contribution in [3.63, 3.8) is 0 Å². The van der Waals surface area contributed by atoms with E-state index < -0.39 is 23.1 Å². The van der Waals surface area contributed by atoms with E-state index in [0.29, 0.717) is 16.4 Å². The van der Waals surface area contributed by atoms with Crippen LogP contribution in [0.2, 0.25) is 0 Å². The molecule has 4 rings (SSSR count). The number of hydrogen-bond donors (Lipinski definition) is 1. The molecular formula is C20H11NO7. The summed E-state index contributed by atoms with van der Waals surface area (Å²) in [5.41, 5.74) is 3.26. The molecule has 8 nitrogen and oxygen atoms in total. The van der Waals surface area contributed by atoms with Crippen molar-refractivity contribution >= 4 is 33.8 Å². The Morgan fingerprint density at radius 2 is 1.43 bits per heavy atom. The molecule has 0 aliphatic rings. The van der Waals surface area contributed by atoms with Crippen molar-refractivity contribution < 1.29 is 23.2 Å². The molecule has 0 aliphatic heterocycles. The molecule has 8 heteroatoms. The van der Waals surface area contributed by atoms with Gasteiger partial charge in [-0.25, -0.2) is 14.4 Å². The average Bonchev–Trinajstić information content (AvgIpc) is 2.66. The lowest BCUT2D eigenvalue weighted by Gasteiger charge is -2.06. The number of amides is 1. The van der Waals surface area contributed by atoms with Crippen LogP contribution in [0.15, 0.2) is 73.0 Å². The molecule has 2 aromatic heterocycles. The number of para-hydroxylation sites is 1. The molecule has 2 heterocycles. The molecule has 0 atom stereocenters. The molecule has 0 fully saturated rings. The maximum atomic E-state index is 12.4. The van der Waals surface area contributed by atoms with Crippen LogP contribution in [0.1, 0.15) is 20.7 Å².